The van der Waals surface area contributed by atoms with Crippen LogP contribution in [0.3, 0.4) is 0 Å². The van der Waals surface area contributed by atoms with Crippen molar-refractivity contribution in [3.8, 4) is 0 Å². The number of carbonyl (C=O) groups is 1. The molecular formula is C16H22N4O3. The van der Waals surface area contributed by atoms with Gasteiger partial charge in [-0.05, 0) is 25.0 Å². The van der Waals surface area contributed by atoms with Crippen molar-refractivity contribution in [2.75, 3.05) is 31.1 Å². The molecule has 1 N–H and O–H groups in total. The van der Waals surface area contributed by atoms with Gasteiger partial charge in [0, 0.05) is 50.0 Å². The van der Waals surface area contributed by atoms with Crippen LogP contribution in [0.25, 0.3) is 0 Å². The fourth-order valence-corrected chi connectivity index (χ4v) is 3.29. The molecule has 0 aromatic heterocycles. The first-order valence-corrected chi connectivity index (χ1v) is 8.18. The molecule has 7 heteroatoms. The van der Waals surface area contributed by atoms with E-state index in [0.717, 1.165) is 31.6 Å². The average molecular weight is 318 g/mol. The van der Waals surface area contributed by atoms with Gasteiger partial charge in [-0.3, -0.25) is 10.1 Å². The van der Waals surface area contributed by atoms with E-state index >= 15 is 0 Å². The van der Waals surface area contributed by atoms with Gasteiger partial charge in [-0.15, -0.1) is 0 Å². The summed E-state index contributed by atoms with van der Waals surface area (Å²) in [6, 6.07) is 6.97. The van der Waals surface area contributed by atoms with Crippen LogP contribution in [0.5, 0.6) is 0 Å². The van der Waals surface area contributed by atoms with Crippen LogP contribution in [0.15, 0.2) is 24.3 Å². The van der Waals surface area contributed by atoms with Gasteiger partial charge in [-0.1, -0.05) is 12.8 Å². The van der Waals surface area contributed by atoms with Crippen LogP contribution in [-0.2, 0) is 0 Å². The number of urea groups is 1. The lowest BCUT2D eigenvalue weighted by Gasteiger charge is -2.36. The number of rotatable bonds is 3. The van der Waals surface area contributed by atoms with Gasteiger partial charge in [0.1, 0.15) is 0 Å². The predicted molar refractivity (Wildman–Crippen MR) is 87.7 cm³/mol. The Balaban J connectivity index is 1.51. The van der Waals surface area contributed by atoms with Gasteiger partial charge in [-0.2, -0.15) is 0 Å². The lowest BCUT2D eigenvalue weighted by Crippen LogP contribution is -2.53. The van der Waals surface area contributed by atoms with Crippen LogP contribution < -0.4 is 10.2 Å². The van der Waals surface area contributed by atoms with Crippen molar-refractivity contribution in [1.29, 1.82) is 0 Å². The van der Waals surface area contributed by atoms with Crippen molar-refractivity contribution < 1.29 is 9.72 Å². The summed E-state index contributed by atoms with van der Waals surface area (Å²) in [6.07, 6.45) is 4.60. The van der Waals surface area contributed by atoms with Crippen LogP contribution in [0.4, 0.5) is 16.2 Å². The molecule has 2 fully saturated rings. The minimum absolute atomic E-state index is 0.0419. The van der Waals surface area contributed by atoms with Crippen molar-refractivity contribution in [3.05, 3.63) is 34.4 Å². The SMILES string of the molecule is O=C(NC1CCCC1)N1CCN(c2ccc([N+](=O)[O-])cc2)CC1. The molecule has 2 aliphatic rings. The van der Waals surface area contributed by atoms with Crippen LogP contribution in [-0.4, -0.2) is 48.1 Å². The highest BCUT2D eigenvalue weighted by molar-refractivity contribution is 5.75. The number of hydrogen-bond acceptors (Lipinski definition) is 4. The lowest BCUT2D eigenvalue weighted by atomic mass is 10.2. The Morgan fingerprint density at radius 1 is 1.09 bits per heavy atom. The normalized spacial score (nSPS) is 19.0. The van der Waals surface area contributed by atoms with Crippen molar-refractivity contribution in [3.63, 3.8) is 0 Å². The van der Waals surface area contributed by atoms with Crippen molar-refractivity contribution in [2.45, 2.75) is 31.7 Å². The van der Waals surface area contributed by atoms with E-state index in [4.69, 9.17) is 0 Å². The lowest BCUT2D eigenvalue weighted by molar-refractivity contribution is -0.384. The highest BCUT2D eigenvalue weighted by atomic mass is 16.6. The Morgan fingerprint density at radius 3 is 2.26 bits per heavy atom. The van der Waals surface area contributed by atoms with Crippen LogP contribution in [0.2, 0.25) is 0 Å². The zero-order chi connectivity index (χ0) is 16.2. The number of hydrogen-bond donors (Lipinski definition) is 1. The number of piperazine rings is 1. The standard InChI is InChI=1S/C16H22N4O3/c21-16(17-13-3-1-2-4-13)19-11-9-18(10-12-19)14-5-7-15(8-6-14)20(22)23/h5-8,13H,1-4,9-12H2,(H,17,21). The number of nitrogens with zero attached hydrogens (tertiary/aromatic N) is 3. The number of nitrogens with one attached hydrogen (secondary N) is 1. The summed E-state index contributed by atoms with van der Waals surface area (Å²) in [5.74, 6) is 0. The highest BCUT2D eigenvalue weighted by Crippen LogP contribution is 2.21. The maximum Gasteiger partial charge on any atom is 0.317 e. The average Bonchev–Trinajstić information content (AvgIpc) is 3.08. The van der Waals surface area contributed by atoms with Gasteiger partial charge < -0.3 is 15.1 Å². The summed E-state index contributed by atoms with van der Waals surface area (Å²) >= 11 is 0. The molecule has 1 aromatic carbocycles. The van der Waals surface area contributed by atoms with E-state index in [9.17, 15) is 14.9 Å². The summed E-state index contributed by atoms with van der Waals surface area (Å²) in [6.45, 7) is 2.84. The topological polar surface area (TPSA) is 78.7 Å². The smallest absolute Gasteiger partial charge is 0.317 e. The van der Waals surface area contributed by atoms with Crippen LogP contribution in [0, 0.1) is 10.1 Å². The highest BCUT2D eigenvalue weighted by Gasteiger charge is 2.24. The molecule has 3 rings (SSSR count). The van der Waals surface area contributed by atoms with Gasteiger partial charge in [0.05, 0.1) is 4.92 Å². The minimum Gasteiger partial charge on any atom is -0.368 e. The van der Waals surface area contributed by atoms with E-state index in [1.165, 1.54) is 25.0 Å². The van der Waals surface area contributed by atoms with Gasteiger partial charge in [0.15, 0.2) is 0 Å². The first-order chi connectivity index (χ1) is 11.1. The molecule has 0 radical (unpaired) electrons. The van der Waals surface area contributed by atoms with E-state index < -0.39 is 4.92 Å². The molecule has 7 nitrogen and oxygen atoms in total. The summed E-state index contributed by atoms with van der Waals surface area (Å²) in [7, 11) is 0. The first kappa shape index (κ1) is 15.6. The zero-order valence-electron chi connectivity index (χ0n) is 13.1. The fourth-order valence-electron chi connectivity index (χ4n) is 3.29. The number of benzene rings is 1. The third-order valence-corrected chi connectivity index (χ3v) is 4.68. The van der Waals surface area contributed by atoms with Crippen molar-refractivity contribution in [1.82, 2.24) is 10.2 Å². The molecule has 1 saturated heterocycles. The van der Waals surface area contributed by atoms with Gasteiger partial charge in [0.2, 0.25) is 0 Å². The molecule has 124 valence electrons. The Morgan fingerprint density at radius 2 is 1.70 bits per heavy atom. The van der Waals surface area contributed by atoms with Gasteiger partial charge >= 0.3 is 6.03 Å². The summed E-state index contributed by atoms with van der Waals surface area (Å²) < 4.78 is 0. The Labute approximate surface area is 135 Å². The maximum atomic E-state index is 12.2. The van der Waals surface area contributed by atoms with Crippen LogP contribution >= 0.6 is 0 Å². The number of carbonyl (C=O) groups excluding carboxylic acids is 1. The van der Waals surface area contributed by atoms with E-state index in [2.05, 4.69) is 10.2 Å². The Bertz CT molecular complexity index is 561. The number of anilines is 1. The number of nitro groups is 1. The second-order valence-corrected chi connectivity index (χ2v) is 6.18. The molecule has 1 aliphatic carbocycles. The minimum atomic E-state index is -0.394. The molecule has 0 spiro atoms. The van der Waals surface area contributed by atoms with E-state index in [-0.39, 0.29) is 11.7 Å². The first-order valence-electron chi connectivity index (χ1n) is 8.18. The molecule has 0 atom stereocenters. The van der Waals surface area contributed by atoms with Gasteiger partial charge in [-0.25, -0.2) is 4.79 Å². The van der Waals surface area contributed by atoms with Gasteiger partial charge in [0.25, 0.3) is 5.69 Å². The maximum absolute atomic E-state index is 12.2. The number of non-ortho nitro benzene ring substituents is 1. The molecule has 0 bridgehead atoms. The molecule has 1 heterocycles. The molecule has 2 amide bonds. The molecular weight excluding hydrogens is 296 g/mol. The predicted octanol–water partition coefficient (Wildman–Crippen LogP) is 2.37. The summed E-state index contributed by atoms with van der Waals surface area (Å²) in [4.78, 5) is 26.6. The summed E-state index contributed by atoms with van der Waals surface area (Å²) in [5, 5.41) is 13.8. The molecule has 1 aliphatic heterocycles. The second-order valence-electron chi connectivity index (χ2n) is 6.18. The van der Waals surface area contributed by atoms with E-state index in [1.807, 2.05) is 4.90 Å². The molecule has 0 unspecified atom stereocenters. The Hall–Kier alpha value is -2.31. The van der Waals surface area contributed by atoms with Crippen molar-refractivity contribution >= 4 is 17.4 Å². The largest absolute Gasteiger partial charge is 0.368 e. The quantitative estimate of drug-likeness (QED) is 0.685. The number of amides is 2. The van der Waals surface area contributed by atoms with E-state index in [0.29, 0.717) is 19.1 Å². The molecule has 23 heavy (non-hydrogen) atoms. The zero-order valence-corrected chi connectivity index (χ0v) is 13.1. The molecule has 1 aromatic rings. The van der Waals surface area contributed by atoms with E-state index in [1.54, 1.807) is 12.1 Å². The summed E-state index contributed by atoms with van der Waals surface area (Å²) in [5.41, 5.74) is 1.06. The van der Waals surface area contributed by atoms with Crippen molar-refractivity contribution in [2.24, 2.45) is 0 Å². The Kier molecular flexibility index (Phi) is 4.64. The fraction of sp³-hybridized carbons (Fsp3) is 0.562. The van der Waals surface area contributed by atoms with Crippen LogP contribution in [0.1, 0.15) is 25.7 Å². The monoisotopic (exact) mass is 318 g/mol. The third-order valence-electron chi connectivity index (χ3n) is 4.68. The second kappa shape index (κ2) is 6.85. The third kappa shape index (κ3) is 3.72. The number of nitro benzene ring substituents is 1. The molecule has 1 saturated carbocycles.